The van der Waals surface area contributed by atoms with E-state index in [0.717, 1.165) is 18.4 Å². The Morgan fingerprint density at radius 3 is 2.42 bits per heavy atom. The molecule has 0 saturated heterocycles. The highest BCUT2D eigenvalue weighted by atomic mass is 35.5. The van der Waals surface area contributed by atoms with Crippen molar-refractivity contribution in [1.82, 2.24) is 14.8 Å². The molecule has 2 amide bonds. The van der Waals surface area contributed by atoms with E-state index < -0.39 is 17.2 Å². The summed E-state index contributed by atoms with van der Waals surface area (Å²) in [5.41, 5.74) is 0.198. The van der Waals surface area contributed by atoms with Crippen LogP contribution in [0.1, 0.15) is 71.3 Å². The van der Waals surface area contributed by atoms with Crippen molar-refractivity contribution in [1.29, 1.82) is 0 Å². The van der Waals surface area contributed by atoms with Gasteiger partial charge in [-0.3, -0.25) is 14.4 Å². The molecule has 6 nitrogen and oxygen atoms in total. The van der Waals surface area contributed by atoms with Crippen molar-refractivity contribution in [2.24, 2.45) is 5.92 Å². The van der Waals surface area contributed by atoms with Crippen LogP contribution in [0.15, 0.2) is 41.5 Å². The lowest BCUT2D eigenvalue weighted by molar-refractivity contribution is 0.0825. The summed E-state index contributed by atoms with van der Waals surface area (Å²) in [6, 6.07) is 6.87. The van der Waals surface area contributed by atoms with Crippen LogP contribution in [0.2, 0.25) is 5.02 Å². The van der Waals surface area contributed by atoms with E-state index in [-0.39, 0.29) is 17.2 Å². The molecule has 0 bridgehead atoms. The smallest absolute Gasteiger partial charge is 0.258 e. The SMILES string of the molecule is C[C@@H](NC(=O)c1cn(CC2CCCCC2)cc(C(=O)N(C)C)c1=O)c1ccccc1Cl. The second-order valence-corrected chi connectivity index (χ2v) is 8.94. The number of hydrogen-bond acceptors (Lipinski definition) is 3. The Bertz CT molecular complexity index is 1010. The maximum Gasteiger partial charge on any atom is 0.258 e. The van der Waals surface area contributed by atoms with E-state index >= 15 is 0 Å². The fourth-order valence-corrected chi connectivity index (χ4v) is 4.44. The molecule has 1 aliphatic rings. The average molecular weight is 444 g/mol. The number of rotatable bonds is 6. The molecule has 1 aromatic carbocycles. The second kappa shape index (κ2) is 10.1. The highest BCUT2D eigenvalue weighted by molar-refractivity contribution is 6.31. The summed E-state index contributed by atoms with van der Waals surface area (Å²) in [6.45, 7) is 2.50. The van der Waals surface area contributed by atoms with E-state index in [2.05, 4.69) is 5.32 Å². The first-order valence-corrected chi connectivity index (χ1v) is 11.2. The van der Waals surface area contributed by atoms with Gasteiger partial charge in [-0.05, 0) is 37.3 Å². The van der Waals surface area contributed by atoms with Crippen LogP contribution in [0.25, 0.3) is 0 Å². The summed E-state index contributed by atoms with van der Waals surface area (Å²) < 4.78 is 1.84. The van der Waals surface area contributed by atoms with Crippen LogP contribution in [-0.4, -0.2) is 35.4 Å². The fourth-order valence-electron chi connectivity index (χ4n) is 4.14. The summed E-state index contributed by atoms with van der Waals surface area (Å²) in [7, 11) is 3.19. The van der Waals surface area contributed by atoms with E-state index in [1.54, 1.807) is 32.6 Å². The van der Waals surface area contributed by atoms with Crippen molar-refractivity contribution in [3.8, 4) is 0 Å². The minimum Gasteiger partial charge on any atom is -0.352 e. The summed E-state index contributed by atoms with van der Waals surface area (Å²) in [4.78, 5) is 40.1. The molecule has 1 aromatic heterocycles. The van der Waals surface area contributed by atoms with Crippen LogP contribution < -0.4 is 10.7 Å². The van der Waals surface area contributed by atoms with Crippen molar-refractivity contribution in [2.75, 3.05) is 14.1 Å². The lowest BCUT2D eigenvalue weighted by Gasteiger charge is -2.24. The number of nitrogens with one attached hydrogen (secondary N) is 1. The minimum absolute atomic E-state index is 0.0128. The van der Waals surface area contributed by atoms with Crippen molar-refractivity contribution in [2.45, 2.75) is 51.6 Å². The number of benzene rings is 1. The zero-order valence-electron chi connectivity index (χ0n) is 18.4. The topological polar surface area (TPSA) is 71.4 Å². The van der Waals surface area contributed by atoms with Gasteiger partial charge >= 0.3 is 0 Å². The Balaban J connectivity index is 1.93. The highest BCUT2D eigenvalue weighted by Crippen LogP contribution is 2.25. The first kappa shape index (κ1) is 23.1. The maximum atomic E-state index is 13.1. The zero-order valence-corrected chi connectivity index (χ0v) is 19.1. The highest BCUT2D eigenvalue weighted by Gasteiger charge is 2.23. The Kier molecular flexibility index (Phi) is 7.55. The number of nitrogens with zero attached hydrogens (tertiary/aromatic N) is 2. The molecule has 3 rings (SSSR count). The van der Waals surface area contributed by atoms with Crippen molar-refractivity contribution < 1.29 is 9.59 Å². The van der Waals surface area contributed by atoms with Gasteiger partial charge in [-0.25, -0.2) is 0 Å². The van der Waals surface area contributed by atoms with E-state index in [0.29, 0.717) is 17.5 Å². The molecule has 1 atom stereocenters. The number of aromatic nitrogens is 1. The molecule has 0 aliphatic heterocycles. The third-order valence-corrected chi connectivity index (χ3v) is 6.22. The molecule has 1 N–H and O–H groups in total. The molecule has 166 valence electrons. The summed E-state index contributed by atoms with van der Waals surface area (Å²) in [6.07, 6.45) is 9.04. The quantitative estimate of drug-likeness (QED) is 0.724. The summed E-state index contributed by atoms with van der Waals surface area (Å²) in [5.74, 6) is -0.434. The lowest BCUT2D eigenvalue weighted by atomic mass is 9.89. The second-order valence-electron chi connectivity index (χ2n) is 8.53. The first-order chi connectivity index (χ1) is 14.8. The van der Waals surface area contributed by atoms with Crippen LogP contribution in [0, 0.1) is 5.92 Å². The largest absolute Gasteiger partial charge is 0.352 e. The molecule has 0 spiro atoms. The maximum absolute atomic E-state index is 13.1. The summed E-state index contributed by atoms with van der Waals surface area (Å²) in [5, 5.41) is 3.40. The molecule has 2 aromatic rings. The number of hydrogen-bond donors (Lipinski definition) is 1. The van der Waals surface area contributed by atoms with E-state index in [1.165, 1.54) is 24.2 Å². The number of amides is 2. The molecule has 7 heteroatoms. The van der Waals surface area contributed by atoms with Gasteiger partial charge in [-0.1, -0.05) is 49.1 Å². The van der Waals surface area contributed by atoms with Gasteiger partial charge in [0.15, 0.2) is 0 Å². The van der Waals surface area contributed by atoms with E-state index in [9.17, 15) is 14.4 Å². The Labute approximate surface area is 188 Å². The standard InChI is InChI=1S/C24H30ClN3O3/c1-16(18-11-7-8-12-21(18)25)26-23(30)19-14-28(13-17-9-5-4-6-10-17)15-20(22(19)29)24(31)27(2)3/h7-8,11-12,14-17H,4-6,9-10,13H2,1-3H3,(H,26,30)/t16-/m1/s1. The zero-order chi connectivity index (χ0) is 22.5. The van der Waals surface area contributed by atoms with Crippen molar-refractivity contribution >= 4 is 23.4 Å². The van der Waals surface area contributed by atoms with Gasteiger partial charge in [0, 0.05) is 38.1 Å². The summed E-state index contributed by atoms with van der Waals surface area (Å²) >= 11 is 6.25. The third kappa shape index (κ3) is 5.56. The predicted octanol–water partition coefficient (Wildman–Crippen LogP) is 4.27. The molecule has 1 aliphatic carbocycles. The van der Waals surface area contributed by atoms with Crippen LogP contribution >= 0.6 is 11.6 Å². The molecule has 0 radical (unpaired) electrons. The van der Waals surface area contributed by atoms with Gasteiger partial charge < -0.3 is 14.8 Å². The van der Waals surface area contributed by atoms with Crippen LogP contribution in [0.4, 0.5) is 0 Å². The van der Waals surface area contributed by atoms with Crippen molar-refractivity contribution in [3.05, 3.63) is 68.6 Å². The number of pyridine rings is 1. The Morgan fingerprint density at radius 1 is 1.13 bits per heavy atom. The monoisotopic (exact) mass is 443 g/mol. The minimum atomic E-state index is -0.553. The fraction of sp³-hybridized carbons (Fsp3) is 0.458. The van der Waals surface area contributed by atoms with Gasteiger partial charge in [0.1, 0.15) is 11.1 Å². The van der Waals surface area contributed by atoms with Gasteiger partial charge in [-0.15, -0.1) is 0 Å². The van der Waals surface area contributed by atoms with Crippen molar-refractivity contribution in [3.63, 3.8) is 0 Å². The molecular weight excluding hydrogens is 414 g/mol. The first-order valence-electron chi connectivity index (χ1n) is 10.8. The number of carbonyl (C=O) groups is 2. The average Bonchev–Trinajstić information content (AvgIpc) is 2.75. The Hall–Kier alpha value is -2.60. The molecule has 1 heterocycles. The van der Waals surface area contributed by atoms with Gasteiger partial charge in [0.25, 0.3) is 11.8 Å². The number of halogens is 1. The molecular formula is C24H30ClN3O3. The number of carbonyl (C=O) groups excluding carboxylic acids is 2. The predicted molar refractivity (Wildman–Crippen MR) is 123 cm³/mol. The third-order valence-electron chi connectivity index (χ3n) is 5.87. The van der Waals surface area contributed by atoms with Crippen LogP contribution in [0.5, 0.6) is 0 Å². The van der Waals surface area contributed by atoms with E-state index in [4.69, 9.17) is 11.6 Å². The molecule has 0 unspecified atom stereocenters. The Morgan fingerprint density at radius 2 is 1.77 bits per heavy atom. The van der Waals surface area contributed by atoms with Crippen LogP contribution in [0.3, 0.4) is 0 Å². The van der Waals surface area contributed by atoms with E-state index in [1.807, 2.05) is 29.7 Å². The van der Waals surface area contributed by atoms with Crippen LogP contribution in [-0.2, 0) is 6.54 Å². The van der Waals surface area contributed by atoms with Gasteiger partial charge in [-0.2, -0.15) is 0 Å². The normalized spacial score (nSPS) is 15.4. The molecule has 1 fully saturated rings. The van der Waals surface area contributed by atoms with Gasteiger partial charge in [0.05, 0.1) is 6.04 Å². The van der Waals surface area contributed by atoms with Gasteiger partial charge in [0.2, 0.25) is 5.43 Å². The lowest BCUT2D eigenvalue weighted by Crippen LogP contribution is -2.36. The molecule has 31 heavy (non-hydrogen) atoms. The molecule has 1 saturated carbocycles.